The highest BCUT2D eigenvalue weighted by Gasteiger charge is 2.35. The Morgan fingerprint density at radius 3 is 2.78 bits per heavy atom. The number of H-pyrrole nitrogens is 1. The van der Waals surface area contributed by atoms with Gasteiger partial charge < -0.3 is 10.0 Å². The van der Waals surface area contributed by atoms with Crippen LogP contribution in [0.1, 0.15) is 49.4 Å². The Balaban J connectivity index is 0.00000264. The summed E-state index contributed by atoms with van der Waals surface area (Å²) in [5.41, 5.74) is -0.344. The minimum Gasteiger partial charge on any atom is -0.481 e. The van der Waals surface area contributed by atoms with E-state index in [0.717, 1.165) is 38.4 Å². The Morgan fingerprint density at radius 2 is 2.17 bits per heavy atom. The van der Waals surface area contributed by atoms with Crippen molar-refractivity contribution in [3.05, 3.63) is 17.5 Å². The van der Waals surface area contributed by atoms with E-state index in [2.05, 4.69) is 15.1 Å². The summed E-state index contributed by atoms with van der Waals surface area (Å²) in [6.45, 7) is 2.38. The summed E-state index contributed by atoms with van der Waals surface area (Å²) in [6, 6.07) is 1.10. The zero-order chi connectivity index (χ0) is 16.2. The Morgan fingerprint density at radius 1 is 1.43 bits per heavy atom. The molecule has 0 aliphatic carbocycles. The van der Waals surface area contributed by atoms with Gasteiger partial charge >= 0.3 is 12.1 Å². The lowest BCUT2D eigenvalue weighted by Crippen LogP contribution is -2.35. The molecular formula is C14H21ClF3N3O2. The number of aromatic amines is 1. The maximum Gasteiger partial charge on any atom is 0.435 e. The maximum absolute atomic E-state index is 12.6. The number of nitrogens with zero attached hydrogens (tertiary/aromatic N) is 2. The molecule has 1 fully saturated rings. The Kier molecular flexibility index (Phi) is 7.34. The van der Waals surface area contributed by atoms with Gasteiger partial charge in [-0.2, -0.15) is 18.3 Å². The van der Waals surface area contributed by atoms with E-state index in [1.807, 2.05) is 0 Å². The molecule has 9 heteroatoms. The van der Waals surface area contributed by atoms with Crippen molar-refractivity contribution in [2.24, 2.45) is 0 Å². The molecule has 0 bridgehead atoms. The van der Waals surface area contributed by atoms with Crippen LogP contribution >= 0.6 is 12.4 Å². The smallest absolute Gasteiger partial charge is 0.435 e. The molecule has 1 saturated heterocycles. The molecule has 1 aliphatic rings. The van der Waals surface area contributed by atoms with Gasteiger partial charge in [0.1, 0.15) is 0 Å². The van der Waals surface area contributed by atoms with Crippen molar-refractivity contribution < 1.29 is 23.1 Å². The second kappa shape index (κ2) is 8.54. The van der Waals surface area contributed by atoms with E-state index >= 15 is 0 Å². The number of carboxylic acid groups (broad SMARTS) is 1. The van der Waals surface area contributed by atoms with Crippen LogP contribution in [0.5, 0.6) is 0 Å². The number of rotatable bonds is 6. The van der Waals surface area contributed by atoms with E-state index in [1.165, 1.54) is 0 Å². The van der Waals surface area contributed by atoms with E-state index in [-0.39, 0.29) is 24.7 Å². The van der Waals surface area contributed by atoms with Gasteiger partial charge in [-0.05, 0) is 44.8 Å². The number of alkyl halides is 3. The summed E-state index contributed by atoms with van der Waals surface area (Å²) >= 11 is 0. The Bertz CT molecular complexity index is 508. The van der Waals surface area contributed by atoms with E-state index < -0.39 is 17.8 Å². The van der Waals surface area contributed by atoms with Crippen molar-refractivity contribution in [3.8, 4) is 0 Å². The third kappa shape index (κ3) is 6.02. The average molecular weight is 356 g/mol. The van der Waals surface area contributed by atoms with Crippen LogP contribution in [0, 0.1) is 0 Å². The van der Waals surface area contributed by atoms with Gasteiger partial charge in [0.25, 0.3) is 0 Å². The number of hydrogen-bond donors (Lipinski definition) is 2. The number of nitrogens with one attached hydrogen (secondary N) is 1. The fourth-order valence-corrected chi connectivity index (χ4v) is 2.82. The molecule has 23 heavy (non-hydrogen) atoms. The topological polar surface area (TPSA) is 69.2 Å². The van der Waals surface area contributed by atoms with Crippen LogP contribution in [0.2, 0.25) is 0 Å². The van der Waals surface area contributed by atoms with Crippen LogP contribution in [-0.4, -0.2) is 45.8 Å². The van der Waals surface area contributed by atoms with Crippen molar-refractivity contribution in [1.29, 1.82) is 0 Å². The highest BCUT2D eigenvalue weighted by Crippen LogP contribution is 2.32. The van der Waals surface area contributed by atoms with Crippen molar-refractivity contribution in [2.45, 2.75) is 44.2 Å². The summed E-state index contributed by atoms with van der Waals surface area (Å²) < 4.78 is 37.7. The molecule has 0 spiro atoms. The summed E-state index contributed by atoms with van der Waals surface area (Å²) in [7, 11) is 0. The van der Waals surface area contributed by atoms with Crippen LogP contribution < -0.4 is 0 Å². The molecule has 132 valence electrons. The molecule has 0 amide bonds. The van der Waals surface area contributed by atoms with Gasteiger partial charge in [0, 0.05) is 24.6 Å². The third-order valence-electron chi connectivity index (χ3n) is 3.95. The average Bonchev–Trinajstić information content (AvgIpc) is 2.93. The van der Waals surface area contributed by atoms with Crippen molar-refractivity contribution in [1.82, 2.24) is 15.1 Å². The fraction of sp³-hybridized carbons (Fsp3) is 0.714. The van der Waals surface area contributed by atoms with Gasteiger partial charge in [0.15, 0.2) is 5.69 Å². The van der Waals surface area contributed by atoms with E-state index in [0.29, 0.717) is 18.7 Å². The number of halogens is 4. The molecule has 0 radical (unpaired) electrons. The molecule has 2 N–H and O–H groups in total. The van der Waals surface area contributed by atoms with E-state index in [4.69, 9.17) is 5.11 Å². The van der Waals surface area contributed by atoms with E-state index in [9.17, 15) is 18.0 Å². The Labute approximate surface area is 138 Å². The van der Waals surface area contributed by atoms with Crippen LogP contribution in [-0.2, 0) is 11.0 Å². The first-order chi connectivity index (χ1) is 10.4. The molecule has 1 aromatic heterocycles. The van der Waals surface area contributed by atoms with Crippen LogP contribution in [0.4, 0.5) is 13.2 Å². The minimum atomic E-state index is -4.42. The first-order valence-electron chi connectivity index (χ1n) is 7.43. The largest absolute Gasteiger partial charge is 0.481 e. The normalized spacial score (nSPS) is 19.3. The number of hydrogen-bond acceptors (Lipinski definition) is 3. The molecule has 1 unspecified atom stereocenters. The van der Waals surface area contributed by atoms with Crippen molar-refractivity contribution in [3.63, 3.8) is 0 Å². The van der Waals surface area contributed by atoms with Gasteiger partial charge in [-0.15, -0.1) is 12.4 Å². The van der Waals surface area contributed by atoms with Crippen LogP contribution in [0.25, 0.3) is 0 Å². The summed E-state index contributed by atoms with van der Waals surface area (Å²) in [5.74, 6) is -0.773. The first kappa shape index (κ1) is 19.8. The van der Waals surface area contributed by atoms with Crippen molar-refractivity contribution >= 4 is 18.4 Å². The standard InChI is InChI=1S/C14H20F3N3O2.ClH/c15-14(16,17)12-8-11(18-19-12)10-4-3-7-20(9-10)6-2-1-5-13(21)22;/h8,10H,1-7,9H2,(H,18,19)(H,21,22);1H. The molecule has 2 heterocycles. The quantitative estimate of drug-likeness (QED) is 0.768. The summed E-state index contributed by atoms with van der Waals surface area (Å²) in [4.78, 5) is 12.6. The lowest BCUT2D eigenvalue weighted by molar-refractivity contribution is -0.141. The maximum atomic E-state index is 12.6. The molecule has 2 rings (SSSR count). The van der Waals surface area contributed by atoms with Gasteiger partial charge in [0.2, 0.25) is 0 Å². The molecule has 0 aromatic carbocycles. The van der Waals surface area contributed by atoms with Gasteiger partial charge in [0.05, 0.1) is 0 Å². The van der Waals surface area contributed by atoms with Gasteiger partial charge in [-0.25, -0.2) is 0 Å². The first-order valence-corrected chi connectivity index (χ1v) is 7.43. The van der Waals surface area contributed by atoms with Crippen LogP contribution in [0.3, 0.4) is 0 Å². The molecular weight excluding hydrogens is 335 g/mol. The SMILES string of the molecule is Cl.O=C(O)CCCCN1CCCC(c2cc(C(F)(F)F)n[nH]2)C1. The molecule has 1 atom stereocenters. The number of carbonyl (C=O) groups is 1. The molecule has 5 nitrogen and oxygen atoms in total. The molecule has 0 saturated carbocycles. The third-order valence-corrected chi connectivity index (χ3v) is 3.95. The van der Waals surface area contributed by atoms with Gasteiger partial charge in [-0.3, -0.25) is 9.89 Å². The predicted octanol–water partition coefficient (Wildman–Crippen LogP) is 3.28. The van der Waals surface area contributed by atoms with Gasteiger partial charge in [-0.1, -0.05) is 0 Å². The second-order valence-corrected chi connectivity index (χ2v) is 5.70. The number of aromatic nitrogens is 2. The number of unbranched alkanes of at least 4 members (excludes halogenated alkanes) is 1. The second-order valence-electron chi connectivity index (χ2n) is 5.70. The summed E-state index contributed by atoms with van der Waals surface area (Å²) in [5, 5.41) is 14.5. The minimum absolute atomic E-state index is 0. The lowest BCUT2D eigenvalue weighted by atomic mass is 9.94. The predicted molar refractivity (Wildman–Crippen MR) is 80.7 cm³/mol. The van der Waals surface area contributed by atoms with E-state index in [1.54, 1.807) is 0 Å². The highest BCUT2D eigenvalue weighted by molar-refractivity contribution is 5.85. The molecule has 1 aliphatic heterocycles. The Hall–Kier alpha value is -1.28. The highest BCUT2D eigenvalue weighted by atomic mass is 35.5. The summed E-state index contributed by atoms with van der Waals surface area (Å²) in [6.07, 6.45) is -1.09. The molecule has 1 aromatic rings. The number of piperidine rings is 1. The van der Waals surface area contributed by atoms with Crippen molar-refractivity contribution in [2.75, 3.05) is 19.6 Å². The number of aliphatic carboxylic acids is 1. The number of likely N-dealkylation sites (tertiary alicyclic amines) is 1. The van der Waals surface area contributed by atoms with Crippen LogP contribution in [0.15, 0.2) is 6.07 Å². The lowest BCUT2D eigenvalue weighted by Gasteiger charge is -2.32. The monoisotopic (exact) mass is 355 g/mol. The fourth-order valence-electron chi connectivity index (χ4n) is 2.82. The zero-order valence-electron chi connectivity index (χ0n) is 12.6. The number of carboxylic acids is 1. The zero-order valence-corrected chi connectivity index (χ0v) is 13.4.